The molecule has 0 spiro atoms. The van der Waals surface area contributed by atoms with Gasteiger partial charge in [0.1, 0.15) is 17.8 Å². The monoisotopic (exact) mass is 288 g/mol. The molecule has 21 heavy (non-hydrogen) atoms. The van der Waals surface area contributed by atoms with Crippen LogP contribution in [-0.2, 0) is 17.8 Å². The fourth-order valence-electron chi connectivity index (χ4n) is 1.99. The zero-order chi connectivity index (χ0) is 15.2. The zero-order valence-corrected chi connectivity index (χ0v) is 12.2. The highest BCUT2D eigenvalue weighted by atomic mass is 16.6. The maximum Gasteiger partial charge on any atom is 0.158 e. The number of hydrogen-bond donors (Lipinski definition) is 1. The highest BCUT2D eigenvalue weighted by Crippen LogP contribution is 2.20. The SMILES string of the molecule is C=c1occ(COc2ccccc2CC(O)OCC)c1=C. The van der Waals surface area contributed by atoms with Gasteiger partial charge in [-0.05, 0) is 18.6 Å². The molecule has 2 aromatic rings. The highest BCUT2D eigenvalue weighted by Gasteiger charge is 2.10. The van der Waals surface area contributed by atoms with E-state index in [4.69, 9.17) is 13.9 Å². The smallest absolute Gasteiger partial charge is 0.158 e. The molecular formula is C17H20O4. The Balaban J connectivity index is 2.08. The molecule has 0 aliphatic carbocycles. The summed E-state index contributed by atoms with van der Waals surface area (Å²) >= 11 is 0. The van der Waals surface area contributed by atoms with E-state index in [-0.39, 0.29) is 0 Å². The minimum atomic E-state index is -0.830. The van der Waals surface area contributed by atoms with Crippen molar-refractivity contribution in [3.8, 4) is 5.75 Å². The van der Waals surface area contributed by atoms with E-state index in [1.54, 1.807) is 6.26 Å². The number of para-hydroxylation sites is 1. The van der Waals surface area contributed by atoms with Gasteiger partial charge in [-0.2, -0.15) is 0 Å². The molecule has 0 amide bonds. The molecular weight excluding hydrogens is 268 g/mol. The Labute approximate surface area is 123 Å². The number of benzene rings is 1. The second-order valence-electron chi connectivity index (χ2n) is 4.67. The van der Waals surface area contributed by atoms with Gasteiger partial charge in [0.2, 0.25) is 0 Å². The van der Waals surface area contributed by atoms with Crippen molar-refractivity contribution < 1.29 is 19.0 Å². The van der Waals surface area contributed by atoms with Crippen LogP contribution in [0.25, 0.3) is 13.2 Å². The molecule has 0 bridgehead atoms. The van der Waals surface area contributed by atoms with Crippen molar-refractivity contribution >= 4 is 13.2 Å². The van der Waals surface area contributed by atoms with E-state index in [0.29, 0.717) is 30.8 Å². The Morgan fingerprint density at radius 2 is 2.00 bits per heavy atom. The number of rotatable bonds is 7. The van der Waals surface area contributed by atoms with Gasteiger partial charge in [-0.1, -0.05) is 31.4 Å². The van der Waals surface area contributed by atoms with E-state index < -0.39 is 6.29 Å². The summed E-state index contributed by atoms with van der Waals surface area (Å²) < 4.78 is 16.2. The predicted molar refractivity (Wildman–Crippen MR) is 81.1 cm³/mol. The lowest BCUT2D eigenvalue weighted by Gasteiger charge is -2.14. The average Bonchev–Trinajstić information content (AvgIpc) is 2.78. The molecule has 1 aromatic carbocycles. The van der Waals surface area contributed by atoms with Gasteiger partial charge in [-0.25, -0.2) is 0 Å². The lowest BCUT2D eigenvalue weighted by atomic mass is 10.1. The van der Waals surface area contributed by atoms with Crippen molar-refractivity contribution in [3.05, 3.63) is 52.3 Å². The van der Waals surface area contributed by atoms with Crippen LogP contribution in [0.1, 0.15) is 18.1 Å². The molecule has 1 unspecified atom stereocenters. The number of hydrogen-bond acceptors (Lipinski definition) is 4. The Morgan fingerprint density at radius 3 is 2.67 bits per heavy atom. The highest BCUT2D eigenvalue weighted by molar-refractivity contribution is 5.34. The van der Waals surface area contributed by atoms with Crippen molar-refractivity contribution in [3.63, 3.8) is 0 Å². The van der Waals surface area contributed by atoms with E-state index in [1.165, 1.54) is 0 Å². The zero-order valence-electron chi connectivity index (χ0n) is 12.2. The number of ether oxygens (including phenoxy) is 2. The molecule has 1 aromatic heterocycles. The maximum absolute atomic E-state index is 9.75. The van der Waals surface area contributed by atoms with E-state index in [2.05, 4.69) is 13.2 Å². The topological polar surface area (TPSA) is 51.8 Å². The summed E-state index contributed by atoms with van der Waals surface area (Å²) in [6.07, 6.45) is 1.15. The van der Waals surface area contributed by atoms with E-state index in [9.17, 15) is 5.11 Å². The largest absolute Gasteiger partial charge is 0.488 e. The lowest BCUT2D eigenvalue weighted by Crippen LogP contribution is -2.20. The van der Waals surface area contributed by atoms with Crippen LogP contribution in [0.15, 0.2) is 34.9 Å². The third-order valence-electron chi connectivity index (χ3n) is 3.18. The summed E-state index contributed by atoms with van der Waals surface area (Å²) in [7, 11) is 0. The van der Waals surface area contributed by atoms with Gasteiger partial charge >= 0.3 is 0 Å². The first-order valence-electron chi connectivity index (χ1n) is 6.86. The second kappa shape index (κ2) is 7.11. The third kappa shape index (κ3) is 3.97. The van der Waals surface area contributed by atoms with Gasteiger partial charge in [0.25, 0.3) is 0 Å². The summed E-state index contributed by atoms with van der Waals surface area (Å²) in [6, 6.07) is 7.56. The molecule has 4 heteroatoms. The number of aliphatic hydroxyl groups is 1. The standard InChI is InChI=1S/C17H20O4/c1-4-19-17(18)9-14-7-5-6-8-16(14)21-11-15-10-20-13(3)12(15)2/h5-8,10,17-18H,2-4,9,11H2,1H3. The quantitative estimate of drug-likeness (QED) is 0.786. The van der Waals surface area contributed by atoms with Crippen LogP contribution in [0.3, 0.4) is 0 Å². The molecule has 0 saturated carbocycles. The van der Waals surface area contributed by atoms with Crippen molar-refractivity contribution in [2.24, 2.45) is 0 Å². The summed E-state index contributed by atoms with van der Waals surface area (Å²) in [6.45, 7) is 10.3. The Bertz CT molecular complexity index is 674. The first-order chi connectivity index (χ1) is 10.1. The van der Waals surface area contributed by atoms with Crippen LogP contribution in [0.4, 0.5) is 0 Å². The average molecular weight is 288 g/mol. The van der Waals surface area contributed by atoms with Crippen LogP contribution in [-0.4, -0.2) is 18.0 Å². The molecule has 0 radical (unpaired) electrons. The van der Waals surface area contributed by atoms with E-state index in [0.717, 1.165) is 16.3 Å². The molecule has 112 valence electrons. The first kappa shape index (κ1) is 15.4. The normalized spacial score (nSPS) is 12.3. The molecule has 4 nitrogen and oxygen atoms in total. The van der Waals surface area contributed by atoms with Crippen molar-refractivity contribution in [1.29, 1.82) is 0 Å². The van der Waals surface area contributed by atoms with Gasteiger partial charge in [0.15, 0.2) is 6.29 Å². The lowest BCUT2D eigenvalue weighted by molar-refractivity contribution is -0.0930. The molecule has 0 saturated heterocycles. The summed E-state index contributed by atoms with van der Waals surface area (Å²) in [5.41, 5.74) is 2.30. The van der Waals surface area contributed by atoms with Gasteiger partial charge < -0.3 is 19.0 Å². The molecule has 1 heterocycles. The Kier molecular flexibility index (Phi) is 5.20. The second-order valence-corrected chi connectivity index (χ2v) is 4.67. The Morgan fingerprint density at radius 1 is 1.24 bits per heavy atom. The minimum absolute atomic E-state index is 0.347. The summed E-state index contributed by atoms with van der Waals surface area (Å²) in [5, 5.41) is 10.5. The van der Waals surface area contributed by atoms with Crippen molar-refractivity contribution in [1.82, 2.24) is 0 Å². The maximum atomic E-state index is 9.75. The van der Waals surface area contributed by atoms with Gasteiger partial charge in [0, 0.05) is 23.8 Å². The van der Waals surface area contributed by atoms with Crippen LogP contribution in [0.2, 0.25) is 0 Å². The van der Waals surface area contributed by atoms with Crippen LogP contribution >= 0.6 is 0 Å². The predicted octanol–water partition coefficient (Wildman–Crippen LogP) is 1.58. The molecule has 1 N–H and O–H groups in total. The molecule has 1 atom stereocenters. The summed E-state index contributed by atoms with van der Waals surface area (Å²) in [5.74, 6) is 0.711. The van der Waals surface area contributed by atoms with Crippen molar-refractivity contribution in [2.45, 2.75) is 26.2 Å². The van der Waals surface area contributed by atoms with E-state index in [1.807, 2.05) is 31.2 Å². The van der Waals surface area contributed by atoms with Crippen molar-refractivity contribution in [2.75, 3.05) is 6.61 Å². The number of furan rings is 1. The van der Waals surface area contributed by atoms with Gasteiger partial charge in [-0.15, -0.1) is 0 Å². The van der Waals surface area contributed by atoms with Gasteiger partial charge in [-0.3, -0.25) is 0 Å². The molecule has 0 aliphatic heterocycles. The molecule has 0 fully saturated rings. The van der Waals surface area contributed by atoms with E-state index >= 15 is 0 Å². The van der Waals surface area contributed by atoms with Crippen LogP contribution < -0.4 is 15.4 Å². The minimum Gasteiger partial charge on any atom is -0.488 e. The number of aliphatic hydroxyl groups excluding tert-OH is 1. The first-order valence-corrected chi connectivity index (χ1v) is 6.86. The molecule has 2 rings (SSSR count). The third-order valence-corrected chi connectivity index (χ3v) is 3.18. The van der Waals surface area contributed by atoms with Crippen LogP contribution in [0.5, 0.6) is 5.75 Å². The van der Waals surface area contributed by atoms with Gasteiger partial charge in [0.05, 0.1) is 6.26 Å². The molecule has 0 aliphatic rings. The fraction of sp³-hybridized carbons (Fsp3) is 0.294. The summed E-state index contributed by atoms with van der Waals surface area (Å²) in [4.78, 5) is 0. The fourth-order valence-corrected chi connectivity index (χ4v) is 1.99. The van der Waals surface area contributed by atoms with Crippen LogP contribution in [0, 0.1) is 0 Å². The Hall–Kier alpha value is -2.04.